The molecule has 3 heteroatoms. The minimum atomic E-state index is 0.349. The van der Waals surface area contributed by atoms with Gasteiger partial charge in [0, 0.05) is 19.1 Å². The molecular weight excluding hydrogens is 236 g/mol. The van der Waals surface area contributed by atoms with Gasteiger partial charge in [0.15, 0.2) is 0 Å². The fourth-order valence-corrected chi connectivity index (χ4v) is 3.23. The third-order valence-corrected chi connectivity index (χ3v) is 4.60. The van der Waals surface area contributed by atoms with Crippen molar-refractivity contribution in [3.8, 4) is 0 Å². The monoisotopic (exact) mass is 266 g/mol. The highest BCUT2D eigenvalue weighted by Crippen LogP contribution is 2.26. The summed E-state index contributed by atoms with van der Waals surface area (Å²) in [6.45, 7) is 4.74. The summed E-state index contributed by atoms with van der Waals surface area (Å²) in [6, 6.07) is 0.683. The topological polar surface area (TPSA) is 23.6 Å². The average Bonchev–Trinajstić information content (AvgIpc) is 3.23. The van der Waals surface area contributed by atoms with Crippen LogP contribution >= 0.6 is 0 Å². The van der Waals surface area contributed by atoms with Gasteiger partial charge in [-0.3, -0.25) is 9.69 Å². The first-order valence-electron chi connectivity index (χ1n) is 8.18. The van der Waals surface area contributed by atoms with E-state index >= 15 is 0 Å². The fraction of sp³-hybridized carbons (Fsp3) is 0.938. The van der Waals surface area contributed by atoms with Crippen LogP contribution in [0.5, 0.6) is 0 Å². The maximum Gasteiger partial charge on any atom is 0.236 e. The zero-order chi connectivity index (χ0) is 13.7. The van der Waals surface area contributed by atoms with Crippen LogP contribution in [0.3, 0.4) is 0 Å². The molecule has 3 nitrogen and oxygen atoms in total. The Bertz CT molecular complexity index is 282. The maximum absolute atomic E-state index is 12.4. The number of amides is 1. The van der Waals surface area contributed by atoms with Crippen molar-refractivity contribution in [2.24, 2.45) is 5.92 Å². The van der Waals surface area contributed by atoms with Gasteiger partial charge in [-0.1, -0.05) is 26.2 Å². The lowest BCUT2D eigenvalue weighted by Gasteiger charge is -2.31. The first-order valence-corrected chi connectivity index (χ1v) is 8.18. The van der Waals surface area contributed by atoms with Gasteiger partial charge in [0.05, 0.1) is 6.54 Å². The van der Waals surface area contributed by atoms with Gasteiger partial charge in [-0.25, -0.2) is 0 Å². The lowest BCUT2D eigenvalue weighted by atomic mass is 9.89. The first-order chi connectivity index (χ1) is 9.20. The lowest BCUT2D eigenvalue weighted by Crippen LogP contribution is -2.42. The van der Waals surface area contributed by atoms with Crippen molar-refractivity contribution >= 4 is 5.91 Å². The largest absolute Gasteiger partial charge is 0.341 e. The highest BCUT2D eigenvalue weighted by molar-refractivity contribution is 5.78. The molecule has 0 aromatic carbocycles. The molecular formula is C16H30N2O. The summed E-state index contributed by atoms with van der Waals surface area (Å²) in [5, 5.41) is 0. The van der Waals surface area contributed by atoms with Crippen LogP contribution in [0, 0.1) is 5.92 Å². The zero-order valence-corrected chi connectivity index (χ0v) is 12.7. The number of rotatable bonds is 7. The number of carbonyl (C=O) groups excluding carboxylic acids is 1. The second kappa shape index (κ2) is 7.28. The summed E-state index contributed by atoms with van der Waals surface area (Å²) in [5.41, 5.74) is 0. The summed E-state index contributed by atoms with van der Waals surface area (Å²) in [4.78, 5) is 16.8. The molecule has 1 amide bonds. The minimum Gasteiger partial charge on any atom is -0.341 e. The number of nitrogens with zero attached hydrogens (tertiary/aromatic N) is 2. The Labute approximate surface area is 118 Å². The Kier molecular flexibility index (Phi) is 5.68. The van der Waals surface area contributed by atoms with Gasteiger partial charge < -0.3 is 4.90 Å². The SMILES string of the molecule is CCCN(CC1CCCCC1)C(=O)CN(C)C1CC1. The van der Waals surface area contributed by atoms with Gasteiger partial charge in [0.25, 0.3) is 0 Å². The van der Waals surface area contributed by atoms with E-state index in [-0.39, 0.29) is 0 Å². The normalized spacial score (nSPS) is 20.8. The Balaban J connectivity index is 1.80. The summed E-state index contributed by atoms with van der Waals surface area (Å²) in [5.74, 6) is 1.11. The van der Waals surface area contributed by atoms with Crippen LogP contribution in [0.15, 0.2) is 0 Å². The molecule has 2 rings (SSSR count). The highest BCUT2D eigenvalue weighted by atomic mass is 16.2. The molecule has 2 fully saturated rings. The third-order valence-electron chi connectivity index (χ3n) is 4.60. The van der Waals surface area contributed by atoms with E-state index in [0.29, 0.717) is 18.5 Å². The van der Waals surface area contributed by atoms with Crippen LogP contribution in [0.4, 0.5) is 0 Å². The zero-order valence-electron chi connectivity index (χ0n) is 12.7. The van der Waals surface area contributed by atoms with Gasteiger partial charge in [-0.15, -0.1) is 0 Å². The molecule has 0 aromatic rings. The van der Waals surface area contributed by atoms with Crippen molar-refractivity contribution in [3.05, 3.63) is 0 Å². The molecule has 0 radical (unpaired) electrons. The molecule has 2 aliphatic rings. The van der Waals surface area contributed by atoms with Crippen LogP contribution in [0.1, 0.15) is 58.3 Å². The Morgan fingerprint density at radius 2 is 1.79 bits per heavy atom. The molecule has 0 aliphatic heterocycles. The Morgan fingerprint density at radius 1 is 1.11 bits per heavy atom. The van der Waals surface area contributed by atoms with Gasteiger partial charge in [-0.2, -0.15) is 0 Å². The van der Waals surface area contributed by atoms with Crippen molar-refractivity contribution in [2.75, 3.05) is 26.7 Å². The van der Waals surface area contributed by atoms with Crippen LogP contribution in [-0.4, -0.2) is 48.4 Å². The number of hydrogen-bond donors (Lipinski definition) is 0. The summed E-state index contributed by atoms with van der Waals surface area (Å²) in [7, 11) is 2.10. The summed E-state index contributed by atoms with van der Waals surface area (Å²) < 4.78 is 0. The molecule has 2 aliphatic carbocycles. The molecule has 0 bridgehead atoms. The van der Waals surface area contributed by atoms with Crippen molar-refractivity contribution in [1.29, 1.82) is 0 Å². The maximum atomic E-state index is 12.4. The van der Waals surface area contributed by atoms with E-state index in [0.717, 1.165) is 25.4 Å². The second-order valence-corrected chi connectivity index (χ2v) is 6.49. The van der Waals surface area contributed by atoms with Crippen molar-refractivity contribution < 1.29 is 4.79 Å². The van der Waals surface area contributed by atoms with Gasteiger partial charge in [-0.05, 0) is 45.1 Å². The number of likely N-dealkylation sites (N-methyl/N-ethyl adjacent to an activating group) is 1. The van der Waals surface area contributed by atoms with Crippen LogP contribution in [0.25, 0.3) is 0 Å². The molecule has 0 aromatic heterocycles. The molecule has 19 heavy (non-hydrogen) atoms. The second-order valence-electron chi connectivity index (χ2n) is 6.49. The van der Waals surface area contributed by atoms with Gasteiger partial charge in [0.1, 0.15) is 0 Å². The molecule has 2 saturated carbocycles. The van der Waals surface area contributed by atoms with E-state index < -0.39 is 0 Å². The first kappa shape index (κ1) is 14.8. The standard InChI is InChI=1S/C16H30N2O/c1-3-11-18(12-14-7-5-4-6-8-14)16(19)13-17(2)15-9-10-15/h14-15H,3-13H2,1-2H3. The van der Waals surface area contributed by atoms with E-state index in [2.05, 4.69) is 23.8 Å². The molecule has 0 heterocycles. The van der Waals surface area contributed by atoms with E-state index in [1.54, 1.807) is 0 Å². The van der Waals surface area contributed by atoms with E-state index in [1.165, 1.54) is 44.9 Å². The molecule has 110 valence electrons. The summed E-state index contributed by atoms with van der Waals surface area (Å²) >= 11 is 0. The van der Waals surface area contributed by atoms with Gasteiger partial charge >= 0.3 is 0 Å². The lowest BCUT2D eigenvalue weighted by molar-refractivity contribution is -0.133. The smallest absolute Gasteiger partial charge is 0.236 e. The van der Waals surface area contributed by atoms with Crippen molar-refractivity contribution in [3.63, 3.8) is 0 Å². The highest BCUT2D eigenvalue weighted by Gasteiger charge is 2.29. The van der Waals surface area contributed by atoms with Gasteiger partial charge in [0.2, 0.25) is 5.91 Å². The molecule has 0 atom stereocenters. The molecule has 0 N–H and O–H groups in total. The number of carbonyl (C=O) groups is 1. The summed E-state index contributed by atoms with van der Waals surface area (Å²) in [6.07, 6.45) is 10.4. The average molecular weight is 266 g/mol. The van der Waals surface area contributed by atoms with Crippen LogP contribution in [-0.2, 0) is 4.79 Å². The Morgan fingerprint density at radius 3 is 2.37 bits per heavy atom. The van der Waals surface area contributed by atoms with Crippen LogP contribution in [0.2, 0.25) is 0 Å². The van der Waals surface area contributed by atoms with Crippen molar-refractivity contribution in [1.82, 2.24) is 9.80 Å². The van der Waals surface area contributed by atoms with E-state index in [1.807, 2.05) is 0 Å². The molecule has 0 saturated heterocycles. The fourth-order valence-electron chi connectivity index (χ4n) is 3.23. The predicted molar refractivity (Wildman–Crippen MR) is 79.1 cm³/mol. The van der Waals surface area contributed by atoms with E-state index in [9.17, 15) is 4.79 Å². The quantitative estimate of drug-likeness (QED) is 0.707. The predicted octanol–water partition coefficient (Wildman–Crippen LogP) is 2.90. The van der Waals surface area contributed by atoms with Crippen molar-refractivity contribution in [2.45, 2.75) is 64.3 Å². The minimum absolute atomic E-state index is 0.349. The number of hydrogen-bond acceptors (Lipinski definition) is 2. The van der Waals surface area contributed by atoms with E-state index in [4.69, 9.17) is 0 Å². The van der Waals surface area contributed by atoms with Crippen LogP contribution < -0.4 is 0 Å². The Hall–Kier alpha value is -0.570. The third kappa shape index (κ3) is 4.79. The molecule has 0 spiro atoms. The molecule has 0 unspecified atom stereocenters.